The Labute approximate surface area is 126 Å². The number of carbonyl (C=O) groups excluding carboxylic acids is 1. The number of hydrogen-bond donors (Lipinski definition) is 2. The Hall–Kier alpha value is -2.34. The van der Waals surface area contributed by atoms with Gasteiger partial charge in [-0.25, -0.2) is 4.79 Å². The number of carbonyl (C=O) groups is 2. The van der Waals surface area contributed by atoms with E-state index in [4.69, 9.17) is 9.84 Å². The van der Waals surface area contributed by atoms with Crippen molar-refractivity contribution in [2.45, 2.75) is 19.1 Å². The fourth-order valence-corrected chi connectivity index (χ4v) is 2.57. The standard InChI is InChI=1S/C15H15NO4S/c17-14(18)9-12(13-7-4-8-21-13)16-15(19)20-10-11-5-2-1-3-6-11/h1-8,12H,9-10H2,(H,16,19)(H,17,18). The molecule has 0 radical (unpaired) electrons. The van der Waals surface area contributed by atoms with Crippen molar-refractivity contribution in [3.8, 4) is 0 Å². The van der Waals surface area contributed by atoms with Crippen LogP contribution in [0.25, 0.3) is 0 Å². The molecule has 1 aromatic carbocycles. The van der Waals surface area contributed by atoms with Crippen LogP contribution in [0.1, 0.15) is 22.9 Å². The van der Waals surface area contributed by atoms with Crippen LogP contribution < -0.4 is 5.32 Å². The fraction of sp³-hybridized carbons (Fsp3) is 0.200. The van der Waals surface area contributed by atoms with Gasteiger partial charge in [0, 0.05) is 4.88 Å². The third kappa shape index (κ3) is 4.92. The lowest BCUT2D eigenvalue weighted by Gasteiger charge is -2.15. The molecule has 0 saturated carbocycles. The first kappa shape index (κ1) is 15.1. The highest BCUT2D eigenvalue weighted by Gasteiger charge is 2.19. The number of hydrogen-bond acceptors (Lipinski definition) is 4. The molecule has 0 saturated heterocycles. The number of rotatable bonds is 6. The largest absolute Gasteiger partial charge is 0.481 e. The lowest BCUT2D eigenvalue weighted by Crippen LogP contribution is -2.30. The summed E-state index contributed by atoms with van der Waals surface area (Å²) in [7, 11) is 0. The first-order chi connectivity index (χ1) is 10.1. The molecule has 5 nitrogen and oxygen atoms in total. The van der Waals surface area contributed by atoms with E-state index in [0.29, 0.717) is 0 Å². The van der Waals surface area contributed by atoms with Crippen molar-refractivity contribution in [3.05, 3.63) is 58.3 Å². The molecule has 1 amide bonds. The van der Waals surface area contributed by atoms with E-state index in [0.717, 1.165) is 10.4 Å². The molecular formula is C15H15NO4S. The summed E-state index contributed by atoms with van der Waals surface area (Å²) in [5, 5.41) is 13.3. The van der Waals surface area contributed by atoms with E-state index in [1.807, 2.05) is 41.8 Å². The lowest BCUT2D eigenvalue weighted by molar-refractivity contribution is -0.137. The number of aliphatic carboxylic acids is 1. The molecule has 1 atom stereocenters. The molecule has 21 heavy (non-hydrogen) atoms. The molecule has 0 aliphatic heterocycles. The molecule has 2 N–H and O–H groups in total. The maximum atomic E-state index is 11.8. The third-order valence-corrected chi connectivity index (χ3v) is 3.76. The molecule has 2 rings (SSSR count). The van der Waals surface area contributed by atoms with Crippen LogP contribution in [0.4, 0.5) is 4.79 Å². The van der Waals surface area contributed by atoms with Gasteiger partial charge in [-0.05, 0) is 17.0 Å². The van der Waals surface area contributed by atoms with Gasteiger partial charge in [-0.1, -0.05) is 36.4 Å². The molecule has 1 unspecified atom stereocenters. The number of carboxylic acid groups (broad SMARTS) is 1. The van der Waals surface area contributed by atoms with Crippen LogP contribution >= 0.6 is 11.3 Å². The summed E-state index contributed by atoms with van der Waals surface area (Å²) in [5.74, 6) is -0.975. The predicted octanol–water partition coefficient (Wildman–Crippen LogP) is 3.19. The van der Waals surface area contributed by atoms with Crippen LogP contribution in [-0.4, -0.2) is 17.2 Å². The molecule has 2 aromatic rings. The highest BCUT2D eigenvalue weighted by Crippen LogP contribution is 2.22. The molecular weight excluding hydrogens is 290 g/mol. The number of benzene rings is 1. The average Bonchev–Trinajstić information content (AvgIpc) is 2.99. The quantitative estimate of drug-likeness (QED) is 0.859. The maximum absolute atomic E-state index is 11.8. The van der Waals surface area contributed by atoms with Crippen molar-refractivity contribution in [3.63, 3.8) is 0 Å². The lowest BCUT2D eigenvalue weighted by atomic mass is 10.2. The van der Waals surface area contributed by atoms with Gasteiger partial charge in [0.1, 0.15) is 6.61 Å². The number of carboxylic acids is 1. The second-order valence-electron chi connectivity index (χ2n) is 4.37. The summed E-state index contributed by atoms with van der Waals surface area (Å²) in [4.78, 5) is 23.4. The fourth-order valence-electron chi connectivity index (χ4n) is 1.79. The zero-order valence-corrected chi connectivity index (χ0v) is 12.0. The summed E-state index contributed by atoms with van der Waals surface area (Å²) in [5.41, 5.74) is 0.874. The summed E-state index contributed by atoms with van der Waals surface area (Å²) in [6.07, 6.45) is -0.806. The Morgan fingerprint density at radius 3 is 2.57 bits per heavy atom. The second-order valence-corrected chi connectivity index (χ2v) is 5.35. The van der Waals surface area contributed by atoms with Crippen LogP contribution in [0.3, 0.4) is 0 Å². The Balaban J connectivity index is 1.90. The molecule has 1 aromatic heterocycles. The monoisotopic (exact) mass is 305 g/mol. The summed E-state index contributed by atoms with van der Waals surface area (Å²) in [6, 6.07) is 12.3. The summed E-state index contributed by atoms with van der Waals surface area (Å²) >= 11 is 1.40. The van der Waals surface area contributed by atoms with Gasteiger partial charge in [-0.2, -0.15) is 0 Å². The minimum Gasteiger partial charge on any atom is -0.481 e. The van der Waals surface area contributed by atoms with E-state index in [9.17, 15) is 9.59 Å². The number of alkyl carbamates (subject to hydrolysis) is 1. The second kappa shape index (κ2) is 7.44. The zero-order valence-electron chi connectivity index (χ0n) is 11.2. The zero-order chi connectivity index (χ0) is 15.1. The topological polar surface area (TPSA) is 75.6 Å². The van der Waals surface area contributed by atoms with Crippen LogP contribution in [0, 0.1) is 0 Å². The van der Waals surface area contributed by atoms with Crippen LogP contribution in [-0.2, 0) is 16.1 Å². The van der Waals surface area contributed by atoms with Gasteiger partial charge in [0.25, 0.3) is 0 Å². The van der Waals surface area contributed by atoms with Crippen LogP contribution in [0.5, 0.6) is 0 Å². The van der Waals surface area contributed by atoms with Gasteiger partial charge in [0.2, 0.25) is 0 Å². The van der Waals surface area contributed by atoms with Gasteiger partial charge < -0.3 is 15.2 Å². The van der Waals surface area contributed by atoms with E-state index in [1.165, 1.54) is 11.3 Å². The van der Waals surface area contributed by atoms with Gasteiger partial charge in [-0.15, -0.1) is 11.3 Å². The van der Waals surface area contributed by atoms with E-state index >= 15 is 0 Å². The number of nitrogens with one attached hydrogen (secondary N) is 1. The third-order valence-electron chi connectivity index (χ3n) is 2.77. The molecule has 6 heteroatoms. The van der Waals surface area contributed by atoms with E-state index in [-0.39, 0.29) is 13.0 Å². The average molecular weight is 305 g/mol. The Kier molecular flexibility index (Phi) is 5.34. The van der Waals surface area contributed by atoms with Gasteiger partial charge in [0.05, 0.1) is 12.5 Å². The number of amides is 1. The number of ether oxygens (including phenoxy) is 1. The van der Waals surface area contributed by atoms with Crippen molar-refractivity contribution < 1.29 is 19.4 Å². The molecule has 0 aliphatic carbocycles. The van der Waals surface area contributed by atoms with Gasteiger partial charge in [-0.3, -0.25) is 4.79 Å². The smallest absolute Gasteiger partial charge is 0.407 e. The Morgan fingerprint density at radius 1 is 1.19 bits per heavy atom. The van der Waals surface area contributed by atoms with Gasteiger partial charge >= 0.3 is 12.1 Å². The molecule has 0 fully saturated rings. The Bertz CT molecular complexity index is 583. The highest BCUT2D eigenvalue weighted by molar-refractivity contribution is 7.10. The predicted molar refractivity (Wildman–Crippen MR) is 79.1 cm³/mol. The molecule has 110 valence electrons. The van der Waals surface area contributed by atoms with Crippen LogP contribution in [0.15, 0.2) is 47.8 Å². The van der Waals surface area contributed by atoms with E-state index in [1.54, 1.807) is 6.07 Å². The SMILES string of the molecule is O=C(O)CC(NC(=O)OCc1ccccc1)c1cccs1. The molecule has 1 heterocycles. The van der Waals surface area contributed by atoms with Crippen LogP contribution in [0.2, 0.25) is 0 Å². The van der Waals surface area contributed by atoms with Crippen molar-refractivity contribution in [1.82, 2.24) is 5.32 Å². The maximum Gasteiger partial charge on any atom is 0.407 e. The minimum absolute atomic E-state index is 0.150. The highest BCUT2D eigenvalue weighted by atomic mass is 32.1. The van der Waals surface area contributed by atoms with E-state index < -0.39 is 18.1 Å². The minimum atomic E-state index is -0.975. The molecule has 0 spiro atoms. The van der Waals surface area contributed by atoms with E-state index in [2.05, 4.69) is 5.32 Å². The summed E-state index contributed by atoms with van der Waals surface area (Å²) < 4.78 is 5.10. The first-order valence-corrected chi connectivity index (χ1v) is 7.25. The first-order valence-electron chi connectivity index (χ1n) is 6.37. The van der Waals surface area contributed by atoms with Crippen molar-refractivity contribution in [2.75, 3.05) is 0 Å². The molecule has 0 bridgehead atoms. The summed E-state index contributed by atoms with van der Waals surface area (Å²) in [6.45, 7) is 0.150. The number of thiophene rings is 1. The molecule has 0 aliphatic rings. The Morgan fingerprint density at radius 2 is 1.95 bits per heavy atom. The van der Waals surface area contributed by atoms with Crippen molar-refractivity contribution >= 4 is 23.4 Å². The van der Waals surface area contributed by atoms with Gasteiger partial charge in [0.15, 0.2) is 0 Å². The van der Waals surface area contributed by atoms with Crippen molar-refractivity contribution in [1.29, 1.82) is 0 Å². The van der Waals surface area contributed by atoms with Crippen molar-refractivity contribution in [2.24, 2.45) is 0 Å². The normalized spacial score (nSPS) is 11.6.